The summed E-state index contributed by atoms with van der Waals surface area (Å²) in [7, 11) is 0. The zero-order valence-corrected chi connectivity index (χ0v) is 20.7. The highest BCUT2D eigenvalue weighted by atomic mass is 19.4. The molecule has 3 aromatic rings. The lowest BCUT2D eigenvalue weighted by Crippen LogP contribution is -2.39. The normalized spacial score (nSPS) is 20.3. The summed E-state index contributed by atoms with van der Waals surface area (Å²) in [6, 6.07) is 9.72. The fourth-order valence-electron chi connectivity index (χ4n) is 5.57. The van der Waals surface area contributed by atoms with E-state index in [1.165, 1.54) is 12.5 Å². The summed E-state index contributed by atoms with van der Waals surface area (Å²) in [6.07, 6.45) is 1.70. The predicted octanol–water partition coefficient (Wildman–Crippen LogP) is 7.91. The third-order valence-electron chi connectivity index (χ3n) is 7.38. The quantitative estimate of drug-likeness (QED) is 0.411. The molecule has 1 unspecified atom stereocenters. The molecule has 1 aromatic heterocycles. The van der Waals surface area contributed by atoms with E-state index in [1.54, 1.807) is 30.3 Å². The molecule has 1 atom stereocenters. The number of imidazole rings is 1. The molecule has 5 rings (SSSR count). The number of hydrogen-bond acceptors (Lipinski definition) is 3. The van der Waals surface area contributed by atoms with Crippen molar-refractivity contribution in [1.82, 2.24) is 9.97 Å². The summed E-state index contributed by atoms with van der Waals surface area (Å²) in [5, 5.41) is 4.41. The molecule has 7 heteroatoms. The van der Waals surface area contributed by atoms with Crippen molar-refractivity contribution in [2.24, 2.45) is 16.5 Å². The van der Waals surface area contributed by atoms with E-state index in [0.29, 0.717) is 28.8 Å². The van der Waals surface area contributed by atoms with Crippen LogP contribution in [0.5, 0.6) is 0 Å². The summed E-state index contributed by atoms with van der Waals surface area (Å²) in [4.78, 5) is 14.0. The number of nitrogens with one attached hydrogen (secondary N) is 1. The molecule has 1 N–H and O–H groups in total. The third kappa shape index (κ3) is 4.57. The molecular formula is C28H32F3N3O. The minimum absolute atomic E-state index is 0.0320. The number of aromatic amines is 1. The molecule has 1 aliphatic carbocycles. The molecular weight excluding hydrogens is 451 g/mol. The number of benzene rings is 2. The van der Waals surface area contributed by atoms with Gasteiger partial charge in [-0.15, -0.1) is 0 Å². The van der Waals surface area contributed by atoms with Crippen LogP contribution in [0, 0.1) is 11.3 Å². The Labute approximate surface area is 204 Å². The Kier molecular flexibility index (Phi) is 5.72. The maximum atomic E-state index is 13.9. The highest BCUT2D eigenvalue weighted by molar-refractivity contribution is 6.02. The summed E-state index contributed by atoms with van der Waals surface area (Å²) in [6.45, 7) is 8.37. The third-order valence-corrected chi connectivity index (χ3v) is 7.38. The van der Waals surface area contributed by atoms with Crippen molar-refractivity contribution < 1.29 is 18.0 Å². The zero-order valence-electron chi connectivity index (χ0n) is 20.7. The van der Waals surface area contributed by atoms with Crippen molar-refractivity contribution in [2.75, 3.05) is 0 Å². The molecule has 0 amide bonds. The van der Waals surface area contributed by atoms with Crippen LogP contribution in [0.4, 0.5) is 13.2 Å². The van der Waals surface area contributed by atoms with E-state index < -0.39 is 11.7 Å². The van der Waals surface area contributed by atoms with Gasteiger partial charge in [0.05, 0.1) is 16.6 Å². The van der Waals surface area contributed by atoms with E-state index in [0.717, 1.165) is 37.0 Å². The van der Waals surface area contributed by atoms with Gasteiger partial charge in [-0.3, -0.25) is 0 Å². The lowest BCUT2D eigenvalue weighted by molar-refractivity contribution is -0.137. The van der Waals surface area contributed by atoms with Crippen molar-refractivity contribution in [3.05, 3.63) is 53.3 Å². The van der Waals surface area contributed by atoms with Gasteiger partial charge in [0, 0.05) is 5.92 Å². The lowest BCUT2D eigenvalue weighted by Gasteiger charge is -2.34. The molecule has 35 heavy (non-hydrogen) atoms. The molecule has 0 radical (unpaired) electrons. The first kappa shape index (κ1) is 23.9. The van der Waals surface area contributed by atoms with Crippen LogP contribution in [0.25, 0.3) is 22.2 Å². The second kappa shape index (κ2) is 8.38. The van der Waals surface area contributed by atoms with E-state index in [4.69, 9.17) is 9.82 Å². The number of alkyl halides is 3. The van der Waals surface area contributed by atoms with Gasteiger partial charge in [0.1, 0.15) is 11.3 Å². The van der Waals surface area contributed by atoms with Crippen LogP contribution in [0.1, 0.15) is 76.8 Å². The van der Waals surface area contributed by atoms with Crippen molar-refractivity contribution in [2.45, 2.75) is 78.0 Å². The second-order valence-electron chi connectivity index (χ2n) is 11.3. The van der Waals surface area contributed by atoms with Crippen LogP contribution < -0.4 is 0 Å². The van der Waals surface area contributed by atoms with Gasteiger partial charge >= 0.3 is 6.18 Å². The number of nitrogens with zero attached hydrogens (tertiary/aromatic N) is 2. The van der Waals surface area contributed by atoms with E-state index in [1.807, 2.05) is 0 Å². The Morgan fingerprint density at radius 1 is 1.03 bits per heavy atom. The molecule has 1 fully saturated rings. The first-order chi connectivity index (χ1) is 16.5. The van der Waals surface area contributed by atoms with Crippen molar-refractivity contribution >= 4 is 16.7 Å². The van der Waals surface area contributed by atoms with E-state index in [-0.39, 0.29) is 22.5 Å². The van der Waals surface area contributed by atoms with Gasteiger partial charge in [-0.05, 0) is 72.4 Å². The van der Waals surface area contributed by atoms with Gasteiger partial charge in [0.2, 0.25) is 0 Å². The smallest absolute Gasteiger partial charge is 0.388 e. The molecule has 0 bridgehead atoms. The number of fused-ring (bicyclic) bond motifs is 1. The highest BCUT2D eigenvalue weighted by Gasteiger charge is 2.47. The molecule has 1 spiro atoms. The van der Waals surface area contributed by atoms with Gasteiger partial charge in [-0.1, -0.05) is 57.5 Å². The fourth-order valence-corrected chi connectivity index (χ4v) is 5.57. The van der Waals surface area contributed by atoms with E-state index >= 15 is 0 Å². The molecule has 2 aromatic carbocycles. The predicted molar refractivity (Wildman–Crippen MR) is 132 cm³/mol. The summed E-state index contributed by atoms with van der Waals surface area (Å²) in [5.74, 6) is 0.735. The topological polar surface area (TPSA) is 50.3 Å². The number of hydrogen-bond donors (Lipinski definition) is 1. The van der Waals surface area contributed by atoms with Crippen LogP contribution >= 0.6 is 0 Å². The Hall–Kier alpha value is -2.83. The van der Waals surface area contributed by atoms with E-state index in [9.17, 15) is 13.2 Å². The Morgan fingerprint density at radius 2 is 1.77 bits per heavy atom. The second-order valence-corrected chi connectivity index (χ2v) is 11.3. The van der Waals surface area contributed by atoms with Crippen LogP contribution in [-0.2, 0) is 17.4 Å². The SMILES string of the molecule is CC1C(c2nc3ccc(-c4cc(CC(C)(C)C)ccc4C(F)(F)F)cc3[nH]2)=NOC12CCCCC2. The summed E-state index contributed by atoms with van der Waals surface area (Å²) >= 11 is 0. The number of halogens is 3. The van der Waals surface area contributed by atoms with Gasteiger partial charge in [0.25, 0.3) is 0 Å². The number of aromatic nitrogens is 2. The van der Waals surface area contributed by atoms with Gasteiger partial charge < -0.3 is 9.82 Å². The Balaban J connectivity index is 1.52. The molecule has 1 aliphatic heterocycles. The standard InChI is InChI=1S/C28H32F3N3O/c1-17-24(34-35-27(17)12-6-5-7-13-27)25-32-22-11-9-19(15-23(22)33-25)20-14-18(16-26(2,3)4)8-10-21(20)28(29,30)31/h8-11,14-15,17H,5-7,12-13,16H2,1-4H3,(H,32,33). The average Bonchev–Trinajstić information content (AvgIpc) is 3.33. The van der Waals surface area contributed by atoms with Crippen molar-refractivity contribution in [1.29, 1.82) is 0 Å². The molecule has 1 saturated carbocycles. The highest BCUT2D eigenvalue weighted by Crippen LogP contribution is 2.43. The Bertz CT molecular complexity index is 1280. The van der Waals surface area contributed by atoms with Gasteiger partial charge in [-0.25, -0.2) is 4.98 Å². The maximum absolute atomic E-state index is 13.9. The summed E-state index contributed by atoms with van der Waals surface area (Å²) < 4.78 is 41.7. The van der Waals surface area contributed by atoms with Crippen molar-refractivity contribution in [3.63, 3.8) is 0 Å². The average molecular weight is 484 g/mol. The maximum Gasteiger partial charge on any atom is 0.417 e. The minimum atomic E-state index is -4.44. The number of oxime groups is 1. The monoisotopic (exact) mass is 483 g/mol. The molecule has 186 valence electrons. The van der Waals surface area contributed by atoms with Crippen LogP contribution in [0.2, 0.25) is 0 Å². The molecule has 2 heterocycles. The van der Waals surface area contributed by atoms with Crippen molar-refractivity contribution in [3.8, 4) is 11.1 Å². The molecule has 2 aliphatic rings. The number of rotatable bonds is 3. The first-order valence-electron chi connectivity index (χ1n) is 12.4. The molecule has 0 saturated heterocycles. The van der Waals surface area contributed by atoms with E-state index in [2.05, 4.69) is 37.8 Å². The van der Waals surface area contributed by atoms with Crippen LogP contribution in [0.15, 0.2) is 41.6 Å². The largest absolute Gasteiger partial charge is 0.417 e. The van der Waals surface area contributed by atoms with Gasteiger partial charge in [-0.2, -0.15) is 13.2 Å². The summed E-state index contributed by atoms with van der Waals surface area (Å²) in [5.41, 5.74) is 2.83. The number of H-pyrrole nitrogens is 1. The fraction of sp³-hybridized carbons (Fsp3) is 0.500. The zero-order chi connectivity index (χ0) is 25.0. The van der Waals surface area contributed by atoms with Crippen LogP contribution in [-0.4, -0.2) is 21.3 Å². The molecule has 4 nitrogen and oxygen atoms in total. The Morgan fingerprint density at radius 3 is 2.46 bits per heavy atom. The van der Waals surface area contributed by atoms with Crippen LogP contribution in [0.3, 0.4) is 0 Å². The minimum Gasteiger partial charge on any atom is -0.388 e. The lowest BCUT2D eigenvalue weighted by atomic mass is 9.75. The van der Waals surface area contributed by atoms with Gasteiger partial charge in [0.15, 0.2) is 5.82 Å². The first-order valence-corrected chi connectivity index (χ1v) is 12.4.